The van der Waals surface area contributed by atoms with Crippen molar-refractivity contribution in [3.8, 4) is 5.75 Å². The maximum absolute atomic E-state index is 13.8. The Morgan fingerprint density at radius 3 is 1.98 bits per heavy atom. The Labute approximate surface area is 365 Å². The van der Waals surface area contributed by atoms with Crippen molar-refractivity contribution in [2.45, 2.75) is 89.2 Å². The fourth-order valence-electron chi connectivity index (χ4n) is 5.33. The Morgan fingerprint density at radius 1 is 0.875 bits per heavy atom. The third-order valence-corrected chi connectivity index (χ3v) is 7.95. The number of imide groups is 1. The molecule has 0 aliphatic carbocycles. The number of carboxylic acid groups (broad SMARTS) is 2. The molecule has 2 unspecified atom stereocenters. The van der Waals surface area contributed by atoms with Crippen LogP contribution in [0.15, 0.2) is 48.5 Å². The molecule has 48 heavy (non-hydrogen) atoms. The Kier molecular flexibility index (Phi) is 21.0. The van der Waals surface area contributed by atoms with Gasteiger partial charge in [0.05, 0.1) is 25.0 Å². The summed E-state index contributed by atoms with van der Waals surface area (Å²) in [5.74, 6) is -8.66. The predicted molar refractivity (Wildman–Crippen MR) is 163 cm³/mol. The number of anilines is 1. The quantitative estimate of drug-likeness (QED) is 0.0474. The van der Waals surface area contributed by atoms with Gasteiger partial charge in [0.2, 0.25) is 5.91 Å². The van der Waals surface area contributed by atoms with Gasteiger partial charge >= 0.3 is 103 Å². The van der Waals surface area contributed by atoms with Crippen molar-refractivity contribution in [1.82, 2.24) is 4.90 Å². The van der Waals surface area contributed by atoms with E-state index in [4.69, 9.17) is 9.47 Å². The molecule has 12 nitrogen and oxygen atoms in total. The van der Waals surface area contributed by atoms with Crippen LogP contribution in [0.1, 0.15) is 98.3 Å². The molecule has 0 radical (unpaired) electrons. The summed E-state index contributed by atoms with van der Waals surface area (Å²) in [6.07, 6.45) is 10.1. The van der Waals surface area contributed by atoms with Crippen molar-refractivity contribution in [2.75, 3.05) is 19.0 Å². The summed E-state index contributed by atoms with van der Waals surface area (Å²) in [6, 6.07) is 8.97. The molecule has 2 aromatic rings. The van der Waals surface area contributed by atoms with Gasteiger partial charge in [0.15, 0.2) is 17.4 Å². The number of ether oxygens (including phenoxy) is 2. The van der Waals surface area contributed by atoms with Crippen LogP contribution < -0.4 is 123 Å². The zero-order valence-corrected chi connectivity index (χ0v) is 34.5. The number of aromatic carboxylic acids is 1. The number of likely N-dealkylation sites (tertiary alicyclic amines) is 1. The van der Waals surface area contributed by atoms with Gasteiger partial charge in [-0.25, -0.2) is 0 Å². The van der Waals surface area contributed by atoms with E-state index in [9.17, 15) is 39.0 Å². The molecule has 1 aliphatic rings. The molecule has 1 heterocycles. The number of hydrogen-bond donors (Lipinski definition) is 1. The summed E-state index contributed by atoms with van der Waals surface area (Å²) in [5.41, 5.74) is -3.36. The molecule has 1 N–H and O–H groups in total. The van der Waals surface area contributed by atoms with E-state index in [0.717, 1.165) is 32.4 Å². The summed E-state index contributed by atoms with van der Waals surface area (Å²) >= 11 is 0. The number of carbonyl (C=O) groups is 6. The van der Waals surface area contributed by atoms with Gasteiger partial charge < -0.3 is 34.6 Å². The average molecular weight is 715 g/mol. The fraction of sp³-hybridized carbons (Fsp3) is 0.471. The monoisotopic (exact) mass is 714 g/mol. The predicted octanol–water partition coefficient (Wildman–Crippen LogP) is -3.56. The van der Waals surface area contributed by atoms with Gasteiger partial charge in [-0.05, 0) is 36.8 Å². The van der Waals surface area contributed by atoms with E-state index in [-0.39, 0.29) is 131 Å². The summed E-state index contributed by atoms with van der Waals surface area (Å²) in [4.78, 5) is 77.6. The number of methoxy groups -OCH3 is 1. The molecule has 1 fully saturated rings. The number of benzene rings is 2. The maximum atomic E-state index is 13.8. The third kappa shape index (κ3) is 11.9. The number of rotatable bonds is 20. The standard InChI is InChI=1S/C34H42N2O10.2K/c1-3-4-5-6-7-8-9-10-11-15-20-46-26-19-18-23(21-25(26)31(40)41)29(38)28(30(39)35-24-16-13-12-14-17-24)36-27(37)22-34(45-2,32(36)42)33(43)44;;/h12-14,16-19,21,28H,3-11,15,20,22H2,1-2H3,(H,35,39)(H,40,41)(H,43,44);;/q;2*+1/p-2. The van der Waals surface area contributed by atoms with Gasteiger partial charge in [-0.2, -0.15) is 0 Å². The van der Waals surface area contributed by atoms with Crippen molar-refractivity contribution in [3.63, 3.8) is 0 Å². The van der Waals surface area contributed by atoms with Crippen LogP contribution >= 0.6 is 0 Å². The minimum Gasteiger partial charge on any atom is -0.546 e. The molecule has 2 atom stereocenters. The van der Waals surface area contributed by atoms with E-state index < -0.39 is 59.1 Å². The number of ketones is 1. The Bertz CT molecular complexity index is 1420. The number of nitrogens with zero attached hydrogens (tertiary/aromatic N) is 1. The Hall–Kier alpha value is -1.31. The average Bonchev–Trinajstić information content (AvgIpc) is 3.30. The van der Waals surface area contributed by atoms with E-state index in [2.05, 4.69) is 12.2 Å². The molecule has 2 aromatic carbocycles. The summed E-state index contributed by atoms with van der Waals surface area (Å²) in [7, 11) is 0.881. The number of aliphatic carboxylic acids is 1. The van der Waals surface area contributed by atoms with Crippen LogP contribution in [0.4, 0.5) is 5.69 Å². The van der Waals surface area contributed by atoms with Gasteiger partial charge in [0, 0.05) is 23.9 Å². The van der Waals surface area contributed by atoms with Crippen LogP contribution in [0, 0.1) is 0 Å². The van der Waals surface area contributed by atoms with Crippen molar-refractivity contribution in [2.24, 2.45) is 0 Å². The molecule has 3 rings (SSSR count). The van der Waals surface area contributed by atoms with Gasteiger partial charge in [-0.1, -0.05) is 82.9 Å². The largest absolute Gasteiger partial charge is 1.00 e. The second-order valence-corrected chi connectivity index (χ2v) is 11.2. The van der Waals surface area contributed by atoms with Crippen LogP contribution in [0.2, 0.25) is 0 Å². The molecule has 1 saturated heterocycles. The minimum atomic E-state index is -2.74. The van der Waals surface area contributed by atoms with Crippen molar-refractivity contribution in [1.29, 1.82) is 0 Å². The molecule has 0 spiro atoms. The van der Waals surface area contributed by atoms with Crippen molar-refractivity contribution < 1.29 is 151 Å². The number of nitrogens with one attached hydrogen (secondary N) is 1. The number of unbranched alkanes of at least 4 members (excludes halogenated alkanes) is 9. The molecule has 0 bridgehead atoms. The van der Waals surface area contributed by atoms with Crippen LogP contribution in [-0.2, 0) is 23.9 Å². The van der Waals surface area contributed by atoms with E-state index in [1.165, 1.54) is 62.8 Å². The second kappa shape index (κ2) is 22.5. The van der Waals surface area contributed by atoms with Crippen LogP contribution in [0.25, 0.3) is 0 Å². The van der Waals surface area contributed by atoms with Crippen LogP contribution in [-0.4, -0.2) is 65.7 Å². The molecule has 248 valence electrons. The molecule has 3 amide bonds. The van der Waals surface area contributed by atoms with Gasteiger partial charge in [0.1, 0.15) is 5.75 Å². The van der Waals surface area contributed by atoms with E-state index >= 15 is 0 Å². The molecular weight excluding hydrogens is 675 g/mol. The summed E-state index contributed by atoms with van der Waals surface area (Å²) in [5, 5.41) is 26.3. The smallest absolute Gasteiger partial charge is 0.546 e. The molecule has 0 saturated carbocycles. The van der Waals surface area contributed by atoms with E-state index in [1.807, 2.05) is 0 Å². The first-order valence-corrected chi connectivity index (χ1v) is 15.6. The summed E-state index contributed by atoms with van der Waals surface area (Å²) in [6.45, 7) is 2.41. The third-order valence-electron chi connectivity index (χ3n) is 7.95. The zero-order chi connectivity index (χ0) is 33.7. The topological polar surface area (TPSA) is 182 Å². The minimum absolute atomic E-state index is 0. The molecule has 14 heteroatoms. The van der Waals surface area contributed by atoms with Crippen molar-refractivity contribution >= 4 is 41.1 Å². The van der Waals surface area contributed by atoms with Gasteiger partial charge in [0.25, 0.3) is 11.8 Å². The van der Waals surface area contributed by atoms with Crippen molar-refractivity contribution in [3.05, 3.63) is 59.7 Å². The second-order valence-electron chi connectivity index (χ2n) is 11.2. The van der Waals surface area contributed by atoms with Crippen LogP contribution in [0.3, 0.4) is 0 Å². The zero-order valence-electron chi connectivity index (χ0n) is 28.2. The van der Waals surface area contributed by atoms with Gasteiger partial charge in [-0.3, -0.25) is 24.1 Å². The number of Topliss-reactive ketones (excluding diaryl/α,β-unsaturated/α-hetero) is 1. The number of amides is 3. The SMILES string of the molecule is CCCCCCCCCCCCOc1ccc(C(=O)C(C(=O)Nc2ccccc2)N2C(=O)CC(OC)(C(=O)[O-])C2=O)cc1C(=O)[O-].[K+].[K+]. The number of para-hydroxylation sites is 1. The molecular formula is C34H40K2N2O10. The first-order chi connectivity index (χ1) is 22.1. The van der Waals surface area contributed by atoms with Crippen LogP contribution in [0.5, 0.6) is 5.75 Å². The first kappa shape index (κ1) is 44.7. The number of hydrogen-bond acceptors (Lipinski definition) is 10. The fourth-order valence-corrected chi connectivity index (χ4v) is 5.33. The van der Waals surface area contributed by atoms with E-state index in [1.54, 1.807) is 18.2 Å². The van der Waals surface area contributed by atoms with E-state index in [0.29, 0.717) is 6.42 Å². The molecule has 0 aromatic heterocycles. The normalized spacial score (nSPS) is 16.0. The van der Waals surface area contributed by atoms with Gasteiger partial charge in [-0.15, -0.1) is 0 Å². The number of carboxylic acids is 2. The maximum Gasteiger partial charge on any atom is 1.00 e. The molecule has 1 aliphatic heterocycles. The summed E-state index contributed by atoms with van der Waals surface area (Å²) < 4.78 is 10.5. The Balaban J connectivity index is 0.00000576. The first-order valence-electron chi connectivity index (χ1n) is 15.6. The Morgan fingerprint density at radius 2 is 1.46 bits per heavy atom. The number of carbonyl (C=O) groups excluding carboxylic acids is 6.